The molecule has 6 aromatic carbocycles. The SMILES string of the molecule is c1ccc(-c2ccc(-c3cccc(-c4ccc(-c5nc6ccccc6o5)cc4)c3)c(-c3cccc(-c4ccc(-c5nc6ccccc6o5)cc4)c3)n2)nc1. The predicted molar refractivity (Wildman–Crippen MR) is 215 cm³/mol. The lowest BCUT2D eigenvalue weighted by Gasteiger charge is -2.14. The third-order valence-corrected chi connectivity index (χ3v) is 9.65. The maximum absolute atomic E-state index is 6.02. The molecular formula is C48H30N4O2. The molecule has 0 unspecified atom stereocenters. The molecule has 10 rings (SSSR count). The maximum Gasteiger partial charge on any atom is 0.227 e. The number of aromatic nitrogens is 4. The van der Waals surface area contributed by atoms with Crippen molar-refractivity contribution in [3.05, 3.63) is 182 Å². The van der Waals surface area contributed by atoms with Crippen LogP contribution in [0, 0.1) is 0 Å². The van der Waals surface area contributed by atoms with Gasteiger partial charge in [0.05, 0.1) is 17.1 Å². The highest BCUT2D eigenvalue weighted by molar-refractivity contribution is 5.87. The van der Waals surface area contributed by atoms with Crippen LogP contribution in [0.4, 0.5) is 0 Å². The van der Waals surface area contributed by atoms with E-state index in [1.54, 1.807) is 6.20 Å². The Bertz CT molecular complexity index is 2860. The number of hydrogen-bond donors (Lipinski definition) is 0. The Labute approximate surface area is 311 Å². The second-order valence-corrected chi connectivity index (χ2v) is 13.1. The van der Waals surface area contributed by atoms with E-state index >= 15 is 0 Å². The third kappa shape index (κ3) is 5.91. The molecule has 0 aliphatic carbocycles. The summed E-state index contributed by atoms with van der Waals surface area (Å²) in [5.41, 5.74) is 15.1. The standard InChI is InChI=1S/C48H30N4O2/c1-3-16-44-42(14-1)51-47(53-44)33-22-18-31(19-23-33)35-9-7-11-37(29-35)39-26-27-41(40-13-5-6-28-49-40)50-46(39)38-12-8-10-36(30-38)32-20-24-34(25-21-32)48-52-43-15-2-4-17-45(43)54-48/h1-30H. The quantitative estimate of drug-likeness (QED) is 0.165. The molecule has 4 heterocycles. The van der Waals surface area contributed by atoms with E-state index < -0.39 is 0 Å². The topological polar surface area (TPSA) is 77.8 Å². The minimum absolute atomic E-state index is 0.609. The van der Waals surface area contributed by atoms with Gasteiger partial charge in [-0.15, -0.1) is 0 Å². The van der Waals surface area contributed by atoms with Gasteiger partial charge in [0, 0.05) is 28.5 Å². The summed E-state index contributed by atoms with van der Waals surface area (Å²) in [6.07, 6.45) is 1.80. The van der Waals surface area contributed by atoms with E-state index in [9.17, 15) is 0 Å². The van der Waals surface area contributed by atoms with Gasteiger partial charge in [0.2, 0.25) is 11.8 Å². The van der Waals surface area contributed by atoms with Gasteiger partial charge in [-0.25, -0.2) is 15.0 Å². The largest absolute Gasteiger partial charge is 0.436 e. The molecule has 10 aromatic rings. The Hall–Kier alpha value is -7.44. The first kappa shape index (κ1) is 31.3. The Morgan fingerprint density at radius 1 is 0.333 bits per heavy atom. The van der Waals surface area contributed by atoms with Gasteiger partial charge in [-0.1, -0.05) is 91.0 Å². The van der Waals surface area contributed by atoms with Gasteiger partial charge in [0.1, 0.15) is 11.0 Å². The molecule has 0 aliphatic heterocycles. The summed E-state index contributed by atoms with van der Waals surface area (Å²) < 4.78 is 12.0. The lowest BCUT2D eigenvalue weighted by Crippen LogP contribution is -1.94. The Morgan fingerprint density at radius 3 is 1.43 bits per heavy atom. The summed E-state index contributed by atoms with van der Waals surface area (Å²) in [4.78, 5) is 19.2. The molecular weight excluding hydrogens is 665 g/mol. The summed E-state index contributed by atoms with van der Waals surface area (Å²) in [5, 5.41) is 0. The number of benzene rings is 6. The zero-order chi connectivity index (χ0) is 35.8. The molecule has 0 bridgehead atoms. The Kier molecular flexibility index (Phi) is 7.69. The van der Waals surface area contributed by atoms with Crippen molar-refractivity contribution in [3.63, 3.8) is 0 Å². The molecule has 6 heteroatoms. The molecule has 0 atom stereocenters. The summed E-state index contributed by atoms with van der Waals surface area (Å²) in [5.74, 6) is 1.22. The fraction of sp³-hybridized carbons (Fsp3) is 0. The summed E-state index contributed by atoms with van der Waals surface area (Å²) in [6.45, 7) is 0. The molecule has 0 saturated carbocycles. The molecule has 0 fully saturated rings. The minimum Gasteiger partial charge on any atom is -0.436 e. The number of hydrogen-bond acceptors (Lipinski definition) is 6. The van der Waals surface area contributed by atoms with E-state index in [0.29, 0.717) is 11.8 Å². The van der Waals surface area contributed by atoms with Gasteiger partial charge in [-0.3, -0.25) is 4.98 Å². The Balaban J connectivity index is 1.01. The van der Waals surface area contributed by atoms with Crippen LogP contribution in [0.2, 0.25) is 0 Å². The lowest BCUT2D eigenvalue weighted by atomic mass is 9.93. The molecule has 54 heavy (non-hydrogen) atoms. The molecule has 0 N–H and O–H groups in total. The number of pyridine rings is 2. The molecule has 0 radical (unpaired) electrons. The monoisotopic (exact) mass is 694 g/mol. The highest BCUT2D eigenvalue weighted by atomic mass is 16.4. The van der Waals surface area contributed by atoms with Crippen LogP contribution in [0.3, 0.4) is 0 Å². The van der Waals surface area contributed by atoms with Gasteiger partial charge in [-0.2, -0.15) is 0 Å². The average Bonchev–Trinajstić information content (AvgIpc) is 3.89. The van der Waals surface area contributed by atoms with Crippen molar-refractivity contribution in [1.82, 2.24) is 19.9 Å². The zero-order valence-corrected chi connectivity index (χ0v) is 28.9. The zero-order valence-electron chi connectivity index (χ0n) is 28.9. The van der Waals surface area contributed by atoms with Gasteiger partial charge in [0.25, 0.3) is 0 Å². The van der Waals surface area contributed by atoms with E-state index in [2.05, 4.69) is 124 Å². The van der Waals surface area contributed by atoms with Gasteiger partial charge >= 0.3 is 0 Å². The Morgan fingerprint density at radius 2 is 0.852 bits per heavy atom. The molecule has 0 spiro atoms. The first-order valence-corrected chi connectivity index (χ1v) is 17.8. The molecule has 0 aliphatic rings. The number of oxazole rings is 2. The maximum atomic E-state index is 6.02. The fourth-order valence-corrected chi connectivity index (χ4v) is 6.88. The molecule has 0 amide bonds. The number of fused-ring (bicyclic) bond motifs is 2. The summed E-state index contributed by atoms with van der Waals surface area (Å²) in [6, 6.07) is 59.6. The highest BCUT2D eigenvalue weighted by Gasteiger charge is 2.15. The number of para-hydroxylation sites is 4. The van der Waals surface area contributed by atoms with E-state index in [1.165, 1.54) is 0 Å². The van der Waals surface area contributed by atoms with Crippen LogP contribution in [-0.4, -0.2) is 19.9 Å². The lowest BCUT2D eigenvalue weighted by molar-refractivity contribution is 0.619. The van der Waals surface area contributed by atoms with E-state index in [0.717, 1.165) is 89.4 Å². The van der Waals surface area contributed by atoms with E-state index in [1.807, 2.05) is 66.7 Å². The average molecular weight is 695 g/mol. The summed E-state index contributed by atoms with van der Waals surface area (Å²) >= 11 is 0. The van der Waals surface area contributed by atoms with Crippen LogP contribution in [0.15, 0.2) is 191 Å². The third-order valence-electron chi connectivity index (χ3n) is 9.65. The first-order chi connectivity index (χ1) is 26.7. The van der Waals surface area contributed by atoms with Gasteiger partial charge < -0.3 is 8.83 Å². The second-order valence-electron chi connectivity index (χ2n) is 13.1. The van der Waals surface area contributed by atoms with Crippen molar-refractivity contribution < 1.29 is 8.83 Å². The van der Waals surface area contributed by atoms with E-state index in [-0.39, 0.29) is 0 Å². The minimum atomic E-state index is 0.609. The van der Waals surface area contributed by atoms with Gasteiger partial charge in [0.15, 0.2) is 11.2 Å². The van der Waals surface area contributed by atoms with Crippen LogP contribution < -0.4 is 0 Å². The molecule has 254 valence electrons. The smallest absolute Gasteiger partial charge is 0.227 e. The second kappa shape index (κ2) is 13.3. The van der Waals surface area contributed by atoms with Gasteiger partial charge in [-0.05, 0) is 113 Å². The van der Waals surface area contributed by atoms with Crippen molar-refractivity contribution in [2.24, 2.45) is 0 Å². The molecule has 4 aromatic heterocycles. The van der Waals surface area contributed by atoms with Crippen LogP contribution in [-0.2, 0) is 0 Å². The highest BCUT2D eigenvalue weighted by Crippen LogP contribution is 2.37. The first-order valence-electron chi connectivity index (χ1n) is 17.8. The molecule has 0 saturated heterocycles. The van der Waals surface area contributed by atoms with E-state index in [4.69, 9.17) is 13.8 Å². The van der Waals surface area contributed by atoms with Crippen molar-refractivity contribution in [3.8, 4) is 78.9 Å². The van der Waals surface area contributed by atoms with Crippen LogP contribution in [0.1, 0.15) is 0 Å². The molecule has 6 nitrogen and oxygen atoms in total. The van der Waals surface area contributed by atoms with Crippen molar-refractivity contribution in [1.29, 1.82) is 0 Å². The number of rotatable bonds is 7. The van der Waals surface area contributed by atoms with Crippen molar-refractivity contribution in [2.45, 2.75) is 0 Å². The summed E-state index contributed by atoms with van der Waals surface area (Å²) in [7, 11) is 0. The predicted octanol–water partition coefficient (Wildman–Crippen LogP) is 12.4. The van der Waals surface area contributed by atoms with Crippen molar-refractivity contribution >= 4 is 22.2 Å². The fourth-order valence-electron chi connectivity index (χ4n) is 6.88. The van der Waals surface area contributed by atoms with Crippen LogP contribution >= 0.6 is 0 Å². The van der Waals surface area contributed by atoms with Crippen LogP contribution in [0.25, 0.3) is 101 Å². The van der Waals surface area contributed by atoms with Crippen molar-refractivity contribution in [2.75, 3.05) is 0 Å². The number of nitrogens with zero attached hydrogens (tertiary/aromatic N) is 4. The van der Waals surface area contributed by atoms with Crippen LogP contribution in [0.5, 0.6) is 0 Å². The normalized spacial score (nSPS) is 11.3.